The number of hydrogen-bond acceptors (Lipinski definition) is 4. The highest BCUT2D eigenvalue weighted by Crippen LogP contribution is 2.32. The summed E-state index contributed by atoms with van der Waals surface area (Å²) in [5, 5.41) is 9.69. The lowest BCUT2D eigenvalue weighted by Gasteiger charge is -2.35. The highest BCUT2D eigenvalue weighted by atomic mass is 15.3. The van der Waals surface area contributed by atoms with Crippen LogP contribution in [0.3, 0.4) is 0 Å². The second-order valence-corrected chi connectivity index (χ2v) is 9.78. The zero-order chi connectivity index (χ0) is 22.1. The summed E-state index contributed by atoms with van der Waals surface area (Å²) >= 11 is 0. The molecule has 1 aromatic carbocycles. The van der Waals surface area contributed by atoms with E-state index in [1.807, 2.05) is 26.8 Å². The molecular formula is C24H34N5+. The Bertz CT molecular complexity index is 984. The Morgan fingerprint density at radius 3 is 2.21 bits per heavy atom. The van der Waals surface area contributed by atoms with Crippen molar-refractivity contribution in [2.45, 2.75) is 74.3 Å². The molecule has 0 fully saturated rings. The smallest absolute Gasteiger partial charge is 0.274 e. The van der Waals surface area contributed by atoms with Crippen molar-refractivity contribution >= 4 is 28.8 Å². The van der Waals surface area contributed by atoms with Gasteiger partial charge in [0.1, 0.15) is 0 Å². The molecule has 0 bridgehead atoms. The molecular weight excluding hydrogens is 358 g/mol. The van der Waals surface area contributed by atoms with Gasteiger partial charge in [0.05, 0.1) is 33.8 Å². The van der Waals surface area contributed by atoms with E-state index < -0.39 is 0 Å². The van der Waals surface area contributed by atoms with Crippen LogP contribution in [-0.4, -0.2) is 40.3 Å². The Hall–Kier alpha value is -2.61. The predicted molar refractivity (Wildman–Crippen MR) is 123 cm³/mol. The van der Waals surface area contributed by atoms with Crippen LogP contribution in [0.1, 0.15) is 78.5 Å². The van der Waals surface area contributed by atoms with Crippen molar-refractivity contribution in [2.24, 2.45) is 20.4 Å². The lowest BCUT2D eigenvalue weighted by Crippen LogP contribution is -2.52. The maximum absolute atomic E-state index is 9.69. The van der Waals surface area contributed by atoms with Crippen LogP contribution in [0, 0.1) is 23.7 Å². The van der Waals surface area contributed by atoms with Gasteiger partial charge in [-0.25, -0.2) is 4.58 Å². The first kappa shape index (κ1) is 22.7. The zero-order valence-electron chi connectivity index (χ0n) is 19.6. The SMILES string of the molecule is CN=C(C)CC(C)=Nc1cc(C2=[N+](C(C)(C)C)C(C(C)(C)C)=N2)cc(C#N)c1C. The van der Waals surface area contributed by atoms with E-state index in [0.29, 0.717) is 5.56 Å². The molecule has 154 valence electrons. The maximum atomic E-state index is 9.69. The summed E-state index contributed by atoms with van der Waals surface area (Å²) in [5.74, 6) is 1.97. The Morgan fingerprint density at radius 2 is 1.72 bits per heavy atom. The molecule has 0 amide bonds. The average Bonchev–Trinajstić information content (AvgIpc) is 2.53. The van der Waals surface area contributed by atoms with Crippen molar-refractivity contribution in [3.8, 4) is 6.07 Å². The van der Waals surface area contributed by atoms with E-state index in [2.05, 4.69) is 63.2 Å². The van der Waals surface area contributed by atoms with Crippen molar-refractivity contribution in [1.82, 2.24) is 0 Å². The van der Waals surface area contributed by atoms with E-state index in [9.17, 15) is 5.26 Å². The number of nitrogens with zero attached hydrogens (tertiary/aromatic N) is 5. The third-order valence-corrected chi connectivity index (χ3v) is 4.94. The van der Waals surface area contributed by atoms with Crippen LogP contribution in [0.2, 0.25) is 0 Å². The van der Waals surface area contributed by atoms with Crippen molar-refractivity contribution in [1.29, 1.82) is 5.26 Å². The summed E-state index contributed by atoms with van der Waals surface area (Å²) in [7, 11) is 1.79. The first-order valence-corrected chi connectivity index (χ1v) is 10.1. The fourth-order valence-corrected chi connectivity index (χ4v) is 3.34. The third-order valence-electron chi connectivity index (χ3n) is 4.94. The standard InChI is InChI=1S/C24H34N5/c1-15(26-10)11-16(2)27-20-13-18(12-19(14-25)17(20)3)21-28-22(23(4,5)6)29(21)24(7,8)9/h12-13H,11H2,1-10H3/q+1. The van der Waals surface area contributed by atoms with Gasteiger partial charge in [-0.1, -0.05) is 25.8 Å². The van der Waals surface area contributed by atoms with Crippen LogP contribution in [0.25, 0.3) is 0 Å². The molecule has 0 atom stereocenters. The lowest BCUT2D eigenvalue weighted by molar-refractivity contribution is -0.508. The van der Waals surface area contributed by atoms with Gasteiger partial charge >= 0.3 is 0 Å². The van der Waals surface area contributed by atoms with Gasteiger partial charge in [0.2, 0.25) is 5.84 Å². The molecule has 0 aliphatic carbocycles. The van der Waals surface area contributed by atoms with Gasteiger partial charge in [-0.05, 0) is 59.2 Å². The van der Waals surface area contributed by atoms with Gasteiger partial charge < -0.3 is 0 Å². The normalized spacial score (nSPS) is 15.8. The summed E-state index contributed by atoms with van der Waals surface area (Å²) in [6.45, 7) is 19.0. The summed E-state index contributed by atoms with van der Waals surface area (Å²) in [6, 6.07) is 6.31. The molecule has 1 aliphatic heterocycles. The molecule has 0 aromatic heterocycles. The first-order valence-electron chi connectivity index (χ1n) is 10.1. The predicted octanol–water partition coefficient (Wildman–Crippen LogP) is 5.46. The number of nitriles is 1. The van der Waals surface area contributed by atoms with E-state index in [1.54, 1.807) is 7.05 Å². The molecule has 5 nitrogen and oxygen atoms in total. The van der Waals surface area contributed by atoms with Crippen LogP contribution >= 0.6 is 0 Å². The molecule has 0 saturated carbocycles. The molecule has 0 radical (unpaired) electrons. The van der Waals surface area contributed by atoms with Crippen molar-refractivity contribution in [3.05, 3.63) is 28.8 Å². The molecule has 1 aromatic rings. The fraction of sp³-hybridized carbons (Fsp3) is 0.542. The molecule has 2 rings (SSSR count). The third kappa shape index (κ3) is 4.87. The number of hydrogen-bond donors (Lipinski definition) is 0. The second kappa shape index (κ2) is 8.02. The summed E-state index contributed by atoms with van der Waals surface area (Å²) < 4.78 is 2.28. The van der Waals surface area contributed by atoms with E-state index in [-0.39, 0.29) is 11.0 Å². The molecule has 1 aliphatic rings. The van der Waals surface area contributed by atoms with Crippen molar-refractivity contribution < 1.29 is 4.58 Å². The zero-order valence-corrected chi connectivity index (χ0v) is 19.6. The van der Waals surface area contributed by atoms with Gasteiger partial charge in [0.25, 0.3) is 5.84 Å². The van der Waals surface area contributed by atoms with Gasteiger partial charge in [0.15, 0.2) is 0 Å². The summed E-state index contributed by atoms with van der Waals surface area (Å²) in [4.78, 5) is 13.9. The van der Waals surface area contributed by atoms with Crippen molar-refractivity contribution in [3.63, 3.8) is 0 Å². The van der Waals surface area contributed by atoms with Crippen molar-refractivity contribution in [2.75, 3.05) is 7.05 Å². The van der Waals surface area contributed by atoms with Gasteiger partial charge in [-0.15, -0.1) is 0 Å². The molecule has 1 heterocycles. The Kier molecular flexibility index (Phi) is 6.27. The van der Waals surface area contributed by atoms with Gasteiger partial charge in [-0.2, -0.15) is 5.26 Å². The average molecular weight is 393 g/mol. The van der Waals surface area contributed by atoms with Gasteiger partial charge in [0, 0.05) is 24.9 Å². The topological polar surface area (TPSA) is 63.9 Å². The van der Waals surface area contributed by atoms with E-state index >= 15 is 0 Å². The highest BCUT2D eigenvalue weighted by molar-refractivity contribution is 6.12. The number of amidine groups is 2. The Labute approximate surface area is 175 Å². The monoisotopic (exact) mass is 392 g/mol. The quantitative estimate of drug-likeness (QED) is 0.496. The van der Waals surface area contributed by atoms with Gasteiger partial charge in [-0.3, -0.25) is 9.98 Å². The summed E-state index contributed by atoms with van der Waals surface area (Å²) in [6.07, 6.45) is 0.721. The molecule has 0 N–H and O–H groups in total. The minimum atomic E-state index is -0.106. The minimum Gasteiger partial charge on any atom is -0.297 e. The molecule has 5 heteroatoms. The number of benzene rings is 1. The van der Waals surface area contributed by atoms with Crippen LogP contribution in [-0.2, 0) is 0 Å². The van der Waals surface area contributed by atoms with E-state index in [0.717, 1.165) is 46.3 Å². The Morgan fingerprint density at radius 1 is 1.10 bits per heavy atom. The molecule has 0 saturated heterocycles. The highest BCUT2D eigenvalue weighted by Gasteiger charge is 2.43. The lowest BCUT2D eigenvalue weighted by atomic mass is 9.89. The largest absolute Gasteiger partial charge is 0.297 e. The fourth-order valence-electron chi connectivity index (χ4n) is 3.34. The maximum Gasteiger partial charge on any atom is 0.274 e. The Balaban J connectivity index is 2.63. The molecule has 29 heavy (non-hydrogen) atoms. The van der Waals surface area contributed by atoms with E-state index in [1.165, 1.54) is 0 Å². The number of aliphatic imine (C=N–C) groups is 3. The van der Waals surface area contributed by atoms with E-state index in [4.69, 9.17) is 9.98 Å². The van der Waals surface area contributed by atoms with Crippen LogP contribution < -0.4 is 0 Å². The first-order chi connectivity index (χ1) is 13.3. The second-order valence-electron chi connectivity index (χ2n) is 9.78. The summed E-state index contributed by atoms with van der Waals surface area (Å²) in [5.41, 5.74) is 5.14. The van der Waals surface area contributed by atoms with Crippen LogP contribution in [0.5, 0.6) is 0 Å². The van der Waals surface area contributed by atoms with Crippen LogP contribution in [0.4, 0.5) is 5.69 Å². The molecule has 0 unspecified atom stereocenters. The van der Waals surface area contributed by atoms with Crippen LogP contribution in [0.15, 0.2) is 27.1 Å². The number of rotatable bonds is 4. The molecule has 0 spiro atoms. The minimum absolute atomic E-state index is 0.0475.